The van der Waals surface area contributed by atoms with Gasteiger partial charge in [0.2, 0.25) is 0 Å². The Labute approximate surface area is 139 Å². The lowest BCUT2D eigenvalue weighted by molar-refractivity contribution is -0.119. The Bertz CT molecular complexity index is 545. The van der Waals surface area contributed by atoms with Crippen LogP contribution < -0.4 is 4.90 Å². The Kier molecular flexibility index (Phi) is 7.05. The van der Waals surface area contributed by atoms with Crippen molar-refractivity contribution >= 4 is 17.5 Å². The summed E-state index contributed by atoms with van der Waals surface area (Å²) in [5.74, 6) is -0.501. The molecule has 124 valence electrons. The lowest BCUT2D eigenvalue weighted by Gasteiger charge is -2.14. The maximum absolute atomic E-state index is 11.7. The van der Waals surface area contributed by atoms with Crippen LogP contribution in [0.5, 0.6) is 0 Å². The largest absolute Gasteiger partial charge is 0.269 e. The number of unbranched alkanes of at least 4 members (excludes halogenated alkanes) is 7. The van der Waals surface area contributed by atoms with Gasteiger partial charge in [-0.1, -0.05) is 64.0 Å². The number of carbonyl (C=O) groups is 2. The van der Waals surface area contributed by atoms with Crippen LogP contribution >= 0.6 is 0 Å². The van der Waals surface area contributed by atoms with Gasteiger partial charge in [0.25, 0.3) is 11.8 Å². The van der Waals surface area contributed by atoms with Gasteiger partial charge in [0.1, 0.15) is 0 Å². The summed E-state index contributed by atoms with van der Waals surface area (Å²) in [7, 11) is 0. The fourth-order valence-electron chi connectivity index (χ4n) is 2.97. The maximum Gasteiger partial charge on any atom is 0.258 e. The number of hydrogen-bond donors (Lipinski definition) is 0. The van der Waals surface area contributed by atoms with Gasteiger partial charge in [-0.25, -0.2) is 4.90 Å². The predicted octanol–water partition coefficient (Wildman–Crippen LogP) is 4.80. The number of amides is 2. The molecule has 0 radical (unpaired) electrons. The lowest BCUT2D eigenvalue weighted by Crippen LogP contribution is -2.29. The molecule has 0 bridgehead atoms. The molecule has 23 heavy (non-hydrogen) atoms. The van der Waals surface area contributed by atoms with Crippen LogP contribution in [0.4, 0.5) is 5.69 Å². The minimum Gasteiger partial charge on any atom is -0.269 e. The van der Waals surface area contributed by atoms with Crippen molar-refractivity contribution in [1.29, 1.82) is 0 Å². The van der Waals surface area contributed by atoms with E-state index in [2.05, 4.69) is 13.0 Å². The van der Waals surface area contributed by atoms with Gasteiger partial charge >= 0.3 is 0 Å². The fourth-order valence-corrected chi connectivity index (χ4v) is 2.97. The zero-order valence-corrected chi connectivity index (χ0v) is 14.1. The molecule has 3 heteroatoms. The van der Waals surface area contributed by atoms with Crippen LogP contribution in [-0.4, -0.2) is 11.8 Å². The van der Waals surface area contributed by atoms with Crippen molar-refractivity contribution in [2.24, 2.45) is 0 Å². The van der Waals surface area contributed by atoms with Crippen molar-refractivity contribution in [3.8, 4) is 0 Å². The Morgan fingerprint density at radius 1 is 0.826 bits per heavy atom. The fraction of sp³-hybridized carbons (Fsp3) is 0.500. The Balaban J connectivity index is 1.73. The molecule has 0 fully saturated rings. The van der Waals surface area contributed by atoms with Crippen LogP contribution in [0, 0.1) is 0 Å². The molecule has 0 saturated carbocycles. The Morgan fingerprint density at radius 3 is 2.09 bits per heavy atom. The molecule has 0 aromatic heterocycles. The standard InChI is InChI=1S/C20H27NO2/c1-2-3-4-5-6-7-8-9-11-17-12-10-13-18(16-17)21-19(22)14-15-20(21)23/h10,12-16H,2-9,11H2,1H3. The molecule has 1 aliphatic heterocycles. The van der Waals surface area contributed by atoms with E-state index in [1.165, 1.54) is 67.6 Å². The van der Waals surface area contributed by atoms with E-state index in [0.29, 0.717) is 5.69 Å². The van der Waals surface area contributed by atoms with Gasteiger partial charge in [-0.05, 0) is 30.5 Å². The summed E-state index contributed by atoms with van der Waals surface area (Å²) in [6, 6.07) is 7.78. The van der Waals surface area contributed by atoms with Gasteiger partial charge in [-0.2, -0.15) is 0 Å². The molecule has 0 atom stereocenters. The normalized spacial score (nSPS) is 14.0. The molecular weight excluding hydrogens is 286 g/mol. The monoisotopic (exact) mass is 313 g/mol. The van der Waals surface area contributed by atoms with E-state index in [4.69, 9.17) is 0 Å². The van der Waals surface area contributed by atoms with Crippen molar-refractivity contribution in [3.63, 3.8) is 0 Å². The van der Waals surface area contributed by atoms with Crippen LogP contribution in [0.15, 0.2) is 36.4 Å². The van der Waals surface area contributed by atoms with E-state index in [1.807, 2.05) is 18.2 Å². The highest BCUT2D eigenvalue weighted by Crippen LogP contribution is 2.21. The molecule has 0 unspecified atom stereocenters. The molecule has 1 aromatic rings. The van der Waals surface area contributed by atoms with E-state index < -0.39 is 0 Å². The first-order valence-electron chi connectivity index (χ1n) is 8.87. The highest BCUT2D eigenvalue weighted by molar-refractivity contribution is 6.28. The molecule has 1 aromatic carbocycles. The summed E-state index contributed by atoms with van der Waals surface area (Å²) in [4.78, 5) is 24.7. The first-order chi connectivity index (χ1) is 11.2. The number of benzene rings is 1. The first kappa shape index (κ1) is 17.5. The molecule has 1 aliphatic rings. The van der Waals surface area contributed by atoms with Crippen LogP contribution in [0.25, 0.3) is 0 Å². The minimum absolute atomic E-state index is 0.251. The third-order valence-corrected chi connectivity index (χ3v) is 4.30. The molecule has 0 saturated heterocycles. The minimum atomic E-state index is -0.251. The maximum atomic E-state index is 11.7. The summed E-state index contributed by atoms with van der Waals surface area (Å²) >= 11 is 0. The lowest BCUT2D eigenvalue weighted by atomic mass is 10.0. The summed E-state index contributed by atoms with van der Waals surface area (Å²) in [5.41, 5.74) is 1.88. The third kappa shape index (κ3) is 5.34. The van der Waals surface area contributed by atoms with Gasteiger partial charge in [0.15, 0.2) is 0 Å². The molecule has 0 N–H and O–H groups in total. The zero-order chi connectivity index (χ0) is 16.5. The summed E-state index contributed by atoms with van der Waals surface area (Å²) in [6.45, 7) is 2.24. The SMILES string of the molecule is CCCCCCCCCCc1cccc(N2C(=O)C=CC2=O)c1. The number of nitrogens with zero attached hydrogens (tertiary/aromatic N) is 1. The molecular formula is C20H27NO2. The molecule has 1 heterocycles. The van der Waals surface area contributed by atoms with Crippen molar-refractivity contribution in [1.82, 2.24) is 0 Å². The van der Waals surface area contributed by atoms with Crippen molar-refractivity contribution < 1.29 is 9.59 Å². The second-order valence-electron chi connectivity index (χ2n) is 6.24. The number of imide groups is 1. The summed E-state index contributed by atoms with van der Waals surface area (Å²) in [5, 5.41) is 0. The second-order valence-corrected chi connectivity index (χ2v) is 6.24. The summed E-state index contributed by atoms with van der Waals surface area (Å²) in [6.07, 6.45) is 14.1. The Morgan fingerprint density at radius 2 is 1.43 bits per heavy atom. The highest BCUT2D eigenvalue weighted by Gasteiger charge is 2.24. The van der Waals surface area contributed by atoms with E-state index >= 15 is 0 Å². The summed E-state index contributed by atoms with van der Waals surface area (Å²) < 4.78 is 0. The van der Waals surface area contributed by atoms with Gasteiger partial charge in [0, 0.05) is 12.2 Å². The predicted molar refractivity (Wildman–Crippen MR) is 94.4 cm³/mol. The smallest absolute Gasteiger partial charge is 0.258 e. The molecule has 2 rings (SSSR count). The van der Waals surface area contributed by atoms with Crippen LogP contribution in [0.1, 0.15) is 63.9 Å². The molecule has 2 amide bonds. The van der Waals surface area contributed by atoms with E-state index in [1.54, 1.807) is 0 Å². The van der Waals surface area contributed by atoms with Crippen LogP contribution in [-0.2, 0) is 16.0 Å². The second kappa shape index (κ2) is 9.29. The average molecular weight is 313 g/mol. The number of rotatable bonds is 10. The van der Waals surface area contributed by atoms with E-state index in [0.717, 1.165) is 12.8 Å². The third-order valence-electron chi connectivity index (χ3n) is 4.30. The van der Waals surface area contributed by atoms with Gasteiger partial charge in [-0.15, -0.1) is 0 Å². The average Bonchev–Trinajstić information content (AvgIpc) is 2.89. The van der Waals surface area contributed by atoms with Gasteiger partial charge < -0.3 is 0 Å². The highest BCUT2D eigenvalue weighted by atomic mass is 16.2. The van der Waals surface area contributed by atoms with Gasteiger partial charge in [-0.3, -0.25) is 9.59 Å². The van der Waals surface area contributed by atoms with Crippen LogP contribution in [0.3, 0.4) is 0 Å². The number of aryl methyl sites for hydroxylation is 1. The zero-order valence-electron chi connectivity index (χ0n) is 14.1. The number of carbonyl (C=O) groups excluding carboxylic acids is 2. The van der Waals surface area contributed by atoms with Crippen molar-refractivity contribution in [2.45, 2.75) is 64.7 Å². The van der Waals surface area contributed by atoms with E-state index in [9.17, 15) is 9.59 Å². The molecule has 0 spiro atoms. The van der Waals surface area contributed by atoms with Gasteiger partial charge in [0.05, 0.1) is 5.69 Å². The van der Waals surface area contributed by atoms with Crippen LogP contribution in [0.2, 0.25) is 0 Å². The van der Waals surface area contributed by atoms with E-state index in [-0.39, 0.29) is 11.8 Å². The van der Waals surface area contributed by atoms with Crippen molar-refractivity contribution in [3.05, 3.63) is 42.0 Å². The quantitative estimate of drug-likeness (QED) is 0.459. The topological polar surface area (TPSA) is 37.4 Å². The van der Waals surface area contributed by atoms with Crippen molar-refractivity contribution in [2.75, 3.05) is 4.90 Å². The molecule has 0 aliphatic carbocycles. The first-order valence-corrected chi connectivity index (χ1v) is 8.87. The number of hydrogen-bond acceptors (Lipinski definition) is 2. The number of anilines is 1. The molecule has 3 nitrogen and oxygen atoms in total. The Hall–Kier alpha value is -1.90.